The monoisotopic (exact) mass is 403 g/mol. The minimum Gasteiger partial charge on any atom is -0.321 e. The molecule has 118 valence electrons. The molecule has 0 fully saturated rings. The lowest BCUT2D eigenvalue weighted by atomic mass is 10.3. The Balaban J connectivity index is 2.26. The van der Waals surface area contributed by atoms with Crippen LogP contribution in [-0.4, -0.2) is 32.6 Å². The zero-order valence-electron chi connectivity index (χ0n) is 12.1. The fraction of sp³-hybridized carbons (Fsp3) is 0.231. The SMILES string of the molecule is Cc1nc(N(C)S(C)(=O)=O)sc1C(=O)Nc1cccc(Br)c1. The zero-order valence-corrected chi connectivity index (χ0v) is 15.3. The average Bonchev–Trinajstić information content (AvgIpc) is 2.78. The molecule has 1 amide bonds. The smallest absolute Gasteiger partial charge is 0.267 e. The van der Waals surface area contributed by atoms with Crippen LogP contribution < -0.4 is 9.62 Å². The first-order valence-electron chi connectivity index (χ1n) is 6.16. The summed E-state index contributed by atoms with van der Waals surface area (Å²) in [6.45, 7) is 1.67. The van der Waals surface area contributed by atoms with Crippen molar-refractivity contribution in [1.29, 1.82) is 0 Å². The summed E-state index contributed by atoms with van der Waals surface area (Å²) >= 11 is 4.37. The van der Waals surface area contributed by atoms with Gasteiger partial charge in [0.2, 0.25) is 10.0 Å². The normalized spacial score (nSPS) is 11.3. The number of anilines is 2. The van der Waals surface area contributed by atoms with Crippen molar-refractivity contribution in [1.82, 2.24) is 4.98 Å². The molecular formula is C13H14BrN3O3S2. The van der Waals surface area contributed by atoms with Gasteiger partial charge in [0.15, 0.2) is 5.13 Å². The molecule has 2 aromatic rings. The van der Waals surface area contributed by atoms with Crippen molar-refractivity contribution < 1.29 is 13.2 Å². The number of aryl methyl sites for hydroxylation is 1. The molecule has 1 heterocycles. The van der Waals surface area contributed by atoms with Crippen LogP contribution in [0.4, 0.5) is 10.8 Å². The minimum absolute atomic E-state index is 0.263. The maximum atomic E-state index is 12.3. The quantitative estimate of drug-likeness (QED) is 0.850. The molecule has 0 saturated carbocycles. The van der Waals surface area contributed by atoms with Crippen LogP contribution in [0.3, 0.4) is 0 Å². The van der Waals surface area contributed by atoms with Gasteiger partial charge in [-0.05, 0) is 25.1 Å². The molecule has 0 atom stereocenters. The van der Waals surface area contributed by atoms with Gasteiger partial charge in [-0.25, -0.2) is 17.7 Å². The van der Waals surface area contributed by atoms with E-state index in [2.05, 4.69) is 26.2 Å². The Hall–Kier alpha value is -1.45. The first-order valence-corrected chi connectivity index (χ1v) is 9.62. The number of nitrogens with zero attached hydrogens (tertiary/aromatic N) is 2. The van der Waals surface area contributed by atoms with Gasteiger partial charge in [0.05, 0.1) is 11.9 Å². The molecule has 9 heteroatoms. The predicted octanol–water partition coefficient (Wildman–Crippen LogP) is 2.86. The van der Waals surface area contributed by atoms with E-state index in [4.69, 9.17) is 0 Å². The van der Waals surface area contributed by atoms with Crippen LogP contribution in [0.1, 0.15) is 15.4 Å². The highest BCUT2D eigenvalue weighted by Gasteiger charge is 2.21. The molecule has 0 radical (unpaired) electrons. The molecule has 0 aliphatic heterocycles. The first-order chi connectivity index (χ1) is 10.2. The highest BCUT2D eigenvalue weighted by molar-refractivity contribution is 9.10. The van der Waals surface area contributed by atoms with E-state index in [1.165, 1.54) is 7.05 Å². The summed E-state index contributed by atoms with van der Waals surface area (Å²) in [6, 6.07) is 7.20. The molecule has 0 aliphatic rings. The molecule has 0 bridgehead atoms. The Morgan fingerprint density at radius 3 is 2.68 bits per heavy atom. The molecule has 0 aliphatic carbocycles. The van der Waals surface area contributed by atoms with Crippen molar-refractivity contribution in [2.75, 3.05) is 22.9 Å². The maximum Gasteiger partial charge on any atom is 0.267 e. The molecule has 0 saturated heterocycles. The molecule has 6 nitrogen and oxygen atoms in total. The summed E-state index contributed by atoms with van der Waals surface area (Å²) in [5, 5.41) is 3.03. The third-order valence-electron chi connectivity index (χ3n) is 2.84. The van der Waals surface area contributed by atoms with Crippen LogP contribution in [-0.2, 0) is 10.0 Å². The Bertz CT molecular complexity index is 818. The summed E-state index contributed by atoms with van der Waals surface area (Å²) < 4.78 is 25.0. The highest BCUT2D eigenvalue weighted by Crippen LogP contribution is 2.27. The summed E-state index contributed by atoms with van der Waals surface area (Å²) in [7, 11) is -2.00. The van der Waals surface area contributed by atoms with Crippen molar-refractivity contribution in [3.63, 3.8) is 0 Å². The van der Waals surface area contributed by atoms with Crippen LogP contribution in [0, 0.1) is 6.92 Å². The van der Waals surface area contributed by atoms with Crippen LogP contribution in [0.2, 0.25) is 0 Å². The van der Waals surface area contributed by atoms with E-state index in [-0.39, 0.29) is 11.0 Å². The summed E-state index contributed by atoms with van der Waals surface area (Å²) in [5.41, 5.74) is 1.13. The van der Waals surface area contributed by atoms with E-state index in [0.29, 0.717) is 16.3 Å². The first kappa shape index (κ1) is 16.9. The second kappa shape index (κ2) is 6.35. The largest absolute Gasteiger partial charge is 0.321 e. The van der Waals surface area contributed by atoms with E-state index in [0.717, 1.165) is 26.4 Å². The van der Waals surface area contributed by atoms with E-state index < -0.39 is 10.0 Å². The molecule has 22 heavy (non-hydrogen) atoms. The standard InChI is InChI=1S/C13H14BrN3O3S2/c1-8-11(21-13(15-8)17(2)22(3,19)20)12(18)16-10-6-4-5-9(14)7-10/h4-7H,1-3H3,(H,16,18). The van der Waals surface area contributed by atoms with Gasteiger partial charge >= 0.3 is 0 Å². The summed E-state index contributed by atoms with van der Waals surface area (Å²) in [4.78, 5) is 16.8. The molecule has 1 aromatic heterocycles. The number of carbonyl (C=O) groups is 1. The Morgan fingerprint density at radius 1 is 1.41 bits per heavy atom. The second-order valence-corrected chi connectivity index (χ2v) is 8.51. The van der Waals surface area contributed by atoms with Gasteiger partial charge in [0, 0.05) is 17.2 Å². The van der Waals surface area contributed by atoms with Crippen molar-refractivity contribution >= 4 is 54.0 Å². The van der Waals surface area contributed by atoms with Crippen molar-refractivity contribution in [2.24, 2.45) is 0 Å². The number of hydrogen-bond donors (Lipinski definition) is 1. The number of thiazole rings is 1. The number of hydrogen-bond acceptors (Lipinski definition) is 5. The zero-order chi connectivity index (χ0) is 16.5. The molecule has 0 unspecified atom stereocenters. The highest BCUT2D eigenvalue weighted by atomic mass is 79.9. The number of amides is 1. The maximum absolute atomic E-state index is 12.3. The lowest BCUT2D eigenvalue weighted by molar-refractivity contribution is 0.103. The molecule has 2 rings (SSSR count). The van der Waals surface area contributed by atoms with Gasteiger partial charge in [-0.1, -0.05) is 33.3 Å². The van der Waals surface area contributed by atoms with Gasteiger partial charge in [0.25, 0.3) is 5.91 Å². The van der Waals surface area contributed by atoms with Gasteiger partial charge in [0.1, 0.15) is 4.88 Å². The van der Waals surface area contributed by atoms with Gasteiger partial charge in [-0.2, -0.15) is 0 Å². The molecular weight excluding hydrogens is 390 g/mol. The Morgan fingerprint density at radius 2 is 2.09 bits per heavy atom. The number of aromatic nitrogens is 1. The second-order valence-electron chi connectivity index (χ2n) is 4.61. The molecule has 1 N–H and O–H groups in total. The molecule has 0 spiro atoms. The third-order valence-corrected chi connectivity index (χ3v) is 5.85. The van der Waals surface area contributed by atoms with Gasteiger partial charge in [-0.15, -0.1) is 0 Å². The number of carbonyl (C=O) groups excluding carboxylic acids is 1. The summed E-state index contributed by atoms with van der Waals surface area (Å²) in [5.74, 6) is -0.318. The van der Waals surface area contributed by atoms with Crippen LogP contribution in [0.15, 0.2) is 28.7 Å². The number of halogens is 1. The minimum atomic E-state index is -3.41. The lowest BCUT2D eigenvalue weighted by Crippen LogP contribution is -2.24. The molecule has 1 aromatic carbocycles. The van der Waals surface area contributed by atoms with Gasteiger partial charge < -0.3 is 5.32 Å². The van der Waals surface area contributed by atoms with E-state index in [1.807, 2.05) is 12.1 Å². The van der Waals surface area contributed by atoms with Crippen molar-refractivity contribution in [3.8, 4) is 0 Å². The van der Waals surface area contributed by atoms with Crippen LogP contribution in [0.5, 0.6) is 0 Å². The third kappa shape index (κ3) is 3.84. The van der Waals surface area contributed by atoms with Crippen LogP contribution in [0.25, 0.3) is 0 Å². The Kier molecular flexibility index (Phi) is 4.88. The van der Waals surface area contributed by atoms with Crippen LogP contribution >= 0.6 is 27.3 Å². The van der Waals surface area contributed by atoms with E-state index >= 15 is 0 Å². The number of rotatable bonds is 4. The fourth-order valence-electron chi connectivity index (χ4n) is 1.62. The number of sulfonamides is 1. The summed E-state index contributed by atoms with van der Waals surface area (Å²) in [6.07, 6.45) is 1.09. The number of benzene rings is 1. The predicted molar refractivity (Wildman–Crippen MR) is 92.2 cm³/mol. The van der Waals surface area contributed by atoms with Crippen molar-refractivity contribution in [2.45, 2.75) is 6.92 Å². The Labute approximate surface area is 141 Å². The van der Waals surface area contributed by atoms with Crippen molar-refractivity contribution in [3.05, 3.63) is 39.3 Å². The fourth-order valence-corrected chi connectivity index (χ4v) is 3.70. The van der Waals surface area contributed by atoms with Gasteiger partial charge in [-0.3, -0.25) is 4.79 Å². The van der Waals surface area contributed by atoms with E-state index in [9.17, 15) is 13.2 Å². The lowest BCUT2D eigenvalue weighted by Gasteiger charge is -2.11. The van der Waals surface area contributed by atoms with E-state index in [1.54, 1.807) is 19.1 Å². The average molecular weight is 404 g/mol. The number of nitrogens with one attached hydrogen (secondary N) is 1. The topological polar surface area (TPSA) is 79.4 Å².